The maximum Gasteiger partial charge on any atom is 0.150 e. The zero-order valence-electron chi connectivity index (χ0n) is 35.7. The van der Waals surface area contributed by atoms with Crippen LogP contribution in [-0.2, 0) is 14.3 Å². The first-order valence-corrected chi connectivity index (χ1v) is 23.8. The van der Waals surface area contributed by atoms with Crippen LogP contribution >= 0.6 is 0 Å². The van der Waals surface area contributed by atoms with Crippen molar-refractivity contribution in [3.05, 3.63) is 12.2 Å². The Kier molecular flexibility index (Phi) is 18.1. The van der Waals surface area contributed by atoms with Crippen LogP contribution in [0.3, 0.4) is 0 Å². The van der Waals surface area contributed by atoms with Crippen molar-refractivity contribution in [1.82, 2.24) is 10.6 Å². The van der Waals surface area contributed by atoms with Gasteiger partial charge >= 0.3 is 0 Å². The minimum absolute atomic E-state index is 0.00595. The molecule has 6 rings (SSSR count). The molecule has 10 heteroatoms. The molecule has 15 atom stereocenters. The molecule has 6 aliphatic rings. The third kappa shape index (κ3) is 12.9. The normalized spacial score (nSPS) is 37.3. The number of carbonyl (C=O) groups is 2. The SMILES string of the molecule is COC1CC2CCC(=O)[C@@H]([C@H](O)CCC[C@H](CCO)[C@H]3CN[C@@H]4CC(=O)CC[C@H]4C3)C#C[C@@H](CC[C@H](O)C[C@H](C=CC3CCCCC3)C3CCNC(N)C3)C2CC1O. The number of rotatable bonds is 17. The fourth-order valence-electron chi connectivity index (χ4n) is 12.3. The van der Waals surface area contributed by atoms with Gasteiger partial charge in [0.15, 0.2) is 0 Å². The maximum atomic E-state index is 13.8. The van der Waals surface area contributed by atoms with E-state index in [4.69, 9.17) is 10.5 Å². The van der Waals surface area contributed by atoms with Gasteiger partial charge in [0.05, 0.1) is 30.6 Å². The van der Waals surface area contributed by atoms with Crippen LogP contribution in [0.4, 0.5) is 0 Å². The molecule has 58 heavy (non-hydrogen) atoms. The van der Waals surface area contributed by atoms with Crippen molar-refractivity contribution in [3.8, 4) is 11.8 Å². The molecule has 0 aromatic carbocycles. The number of nitrogens with one attached hydrogen (secondary N) is 2. The van der Waals surface area contributed by atoms with Gasteiger partial charge in [0.25, 0.3) is 0 Å². The molecule has 2 aliphatic heterocycles. The van der Waals surface area contributed by atoms with Crippen LogP contribution < -0.4 is 16.4 Å². The summed E-state index contributed by atoms with van der Waals surface area (Å²) in [5.74, 6) is 9.15. The van der Waals surface area contributed by atoms with Crippen molar-refractivity contribution in [1.29, 1.82) is 0 Å². The molecule has 5 fully saturated rings. The maximum absolute atomic E-state index is 13.8. The number of carbonyl (C=O) groups excluding carboxylic acids is 2. The minimum atomic E-state index is -0.871. The highest BCUT2D eigenvalue weighted by Gasteiger charge is 2.42. The molecular weight excluding hydrogens is 731 g/mol. The summed E-state index contributed by atoms with van der Waals surface area (Å²) in [7, 11) is 1.65. The van der Waals surface area contributed by atoms with E-state index in [0.717, 1.165) is 51.6 Å². The van der Waals surface area contributed by atoms with Crippen molar-refractivity contribution in [2.45, 2.75) is 178 Å². The molecule has 4 aliphatic carbocycles. The average Bonchev–Trinajstić information content (AvgIpc) is 3.28. The smallest absolute Gasteiger partial charge is 0.150 e. The average molecular weight is 810 g/mol. The second-order valence-corrected chi connectivity index (χ2v) is 19.7. The molecule has 0 spiro atoms. The first kappa shape index (κ1) is 45.8. The molecule has 0 aromatic rings. The lowest BCUT2D eigenvalue weighted by Crippen LogP contribution is -2.50. The van der Waals surface area contributed by atoms with Gasteiger partial charge in [-0.25, -0.2) is 0 Å². The van der Waals surface area contributed by atoms with Gasteiger partial charge in [0.2, 0.25) is 0 Å². The topological polar surface area (TPSA) is 174 Å². The Labute approximate surface area is 349 Å². The number of methoxy groups -OCH3 is 1. The molecule has 2 saturated heterocycles. The van der Waals surface area contributed by atoms with E-state index >= 15 is 0 Å². The summed E-state index contributed by atoms with van der Waals surface area (Å²) in [5.41, 5.74) is 6.37. The van der Waals surface area contributed by atoms with Crippen molar-refractivity contribution < 1.29 is 34.8 Å². The van der Waals surface area contributed by atoms with Gasteiger partial charge in [-0.3, -0.25) is 9.59 Å². The van der Waals surface area contributed by atoms with Crippen LogP contribution in [0.15, 0.2) is 12.2 Å². The fraction of sp³-hybridized carbons (Fsp3) is 0.875. The molecule has 0 aromatic heterocycles. The number of hydrogen-bond acceptors (Lipinski definition) is 10. The van der Waals surface area contributed by atoms with Gasteiger partial charge < -0.3 is 41.5 Å². The van der Waals surface area contributed by atoms with Crippen LogP contribution in [-0.4, -0.2) is 95.4 Å². The van der Waals surface area contributed by atoms with Crippen LogP contribution in [0.1, 0.15) is 141 Å². The van der Waals surface area contributed by atoms with Gasteiger partial charge in [-0.1, -0.05) is 49.7 Å². The highest BCUT2D eigenvalue weighted by molar-refractivity contribution is 5.84. The summed E-state index contributed by atoms with van der Waals surface area (Å²) in [6.45, 7) is 1.89. The number of ketones is 2. The number of fused-ring (bicyclic) bond motifs is 2. The second-order valence-electron chi connectivity index (χ2n) is 19.7. The molecule has 0 bridgehead atoms. The summed E-state index contributed by atoms with van der Waals surface area (Å²) in [6.07, 6.45) is 21.3. The van der Waals surface area contributed by atoms with Crippen molar-refractivity contribution in [3.63, 3.8) is 0 Å². The Balaban J connectivity index is 1.10. The number of hydrogen-bond donors (Lipinski definition) is 7. The van der Waals surface area contributed by atoms with Crippen molar-refractivity contribution in [2.75, 3.05) is 26.8 Å². The van der Waals surface area contributed by atoms with Crippen molar-refractivity contribution in [2.24, 2.45) is 64.9 Å². The molecule has 8 N–H and O–H groups in total. The van der Waals surface area contributed by atoms with E-state index in [1.54, 1.807) is 7.11 Å². The zero-order chi connectivity index (χ0) is 41.0. The Bertz CT molecular complexity index is 1380. The van der Waals surface area contributed by atoms with E-state index in [9.17, 15) is 30.0 Å². The van der Waals surface area contributed by atoms with Crippen LogP contribution in [0.25, 0.3) is 0 Å². The summed E-state index contributed by atoms with van der Waals surface area (Å²) in [6, 6.07) is 0.283. The zero-order valence-corrected chi connectivity index (χ0v) is 35.7. The monoisotopic (exact) mass is 810 g/mol. The lowest BCUT2D eigenvalue weighted by Gasteiger charge is -2.42. The van der Waals surface area contributed by atoms with Crippen LogP contribution in [0.5, 0.6) is 0 Å². The van der Waals surface area contributed by atoms with E-state index in [2.05, 4.69) is 34.6 Å². The minimum Gasteiger partial charge on any atom is -0.396 e. The summed E-state index contributed by atoms with van der Waals surface area (Å²) < 4.78 is 5.70. The highest BCUT2D eigenvalue weighted by Crippen LogP contribution is 2.43. The van der Waals surface area contributed by atoms with Gasteiger partial charge in [0, 0.05) is 44.9 Å². The lowest BCUT2D eigenvalue weighted by molar-refractivity contribution is -0.125. The van der Waals surface area contributed by atoms with Crippen LogP contribution in [0, 0.1) is 71.0 Å². The van der Waals surface area contributed by atoms with E-state index in [0.29, 0.717) is 106 Å². The number of aliphatic hydroxyl groups is 4. The van der Waals surface area contributed by atoms with E-state index in [1.807, 2.05) is 0 Å². The number of ether oxygens (including phenoxy) is 1. The third-order valence-corrected chi connectivity index (χ3v) is 15.8. The summed E-state index contributed by atoms with van der Waals surface area (Å²) in [5, 5.41) is 51.4. The second kappa shape index (κ2) is 23.0. The Morgan fingerprint density at radius 1 is 0.897 bits per heavy atom. The van der Waals surface area contributed by atoms with Gasteiger partial charge in [0.1, 0.15) is 17.5 Å². The predicted octanol–water partition coefficient (Wildman–Crippen LogP) is 5.43. The molecule has 0 amide bonds. The van der Waals surface area contributed by atoms with E-state index in [-0.39, 0.29) is 54.4 Å². The number of nitrogens with two attached hydrogens (primary N) is 1. The molecule has 328 valence electrons. The molecular formula is C48H79N3O7. The fourth-order valence-corrected chi connectivity index (χ4v) is 12.3. The van der Waals surface area contributed by atoms with E-state index in [1.165, 1.54) is 32.1 Å². The Morgan fingerprint density at radius 3 is 2.48 bits per heavy atom. The van der Waals surface area contributed by atoms with E-state index < -0.39 is 24.2 Å². The Hall–Kier alpha value is -1.68. The predicted molar refractivity (Wildman–Crippen MR) is 227 cm³/mol. The number of piperidine rings is 2. The number of allylic oxidation sites excluding steroid dienone is 2. The molecule has 0 radical (unpaired) electrons. The number of aliphatic hydroxyl groups excluding tert-OH is 4. The molecule has 6 unspecified atom stereocenters. The first-order chi connectivity index (χ1) is 28.1. The molecule has 3 saturated carbocycles. The summed E-state index contributed by atoms with van der Waals surface area (Å²) >= 11 is 0. The molecule has 10 nitrogen and oxygen atoms in total. The van der Waals surface area contributed by atoms with Crippen molar-refractivity contribution >= 4 is 11.6 Å². The highest BCUT2D eigenvalue weighted by atomic mass is 16.5. The number of Topliss-reactive ketones (excluding diaryl/α,β-unsaturated/α-hetero) is 2. The third-order valence-electron chi connectivity index (χ3n) is 15.8. The quantitative estimate of drug-likeness (QED) is 0.0742. The van der Waals surface area contributed by atoms with Gasteiger partial charge in [-0.2, -0.15) is 0 Å². The standard InChI is InChI=1S/C48H79N3O7/c1-58-47-26-36-15-19-45(56)41(44(55)9-5-8-32(21-23-52)38-24-37-13-17-40(54)28-43(37)51-30-38)18-14-33(42(36)29-46(47)57)12-16-39(53)25-34(35-20-22-50-48(49)27-35)11-10-31-6-3-2-4-7-31/h10-11,31-39,41-44,46-48,50-53,55,57H,2-9,12-13,15-17,19-30,49H2,1H3/t32-,33-,34+,35?,36?,37+,38-,39+,41-,42?,43-,44-,46?,47?,48?/m1/s1. The molecule has 2 heterocycles. The lowest BCUT2D eigenvalue weighted by atomic mass is 9.67. The Morgan fingerprint density at radius 2 is 1.71 bits per heavy atom. The first-order valence-electron chi connectivity index (χ1n) is 23.8. The van der Waals surface area contributed by atoms with Gasteiger partial charge in [-0.15, -0.1) is 0 Å². The van der Waals surface area contributed by atoms with Crippen LogP contribution in [0.2, 0.25) is 0 Å². The largest absolute Gasteiger partial charge is 0.396 e. The van der Waals surface area contributed by atoms with Gasteiger partial charge in [-0.05, 0) is 157 Å². The summed E-state index contributed by atoms with van der Waals surface area (Å²) in [4.78, 5) is 25.9.